The van der Waals surface area contributed by atoms with E-state index in [4.69, 9.17) is 11.0 Å². The van der Waals surface area contributed by atoms with Crippen molar-refractivity contribution < 1.29 is 0 Å². The number of aryl methyl sites for hydroxylation is 2. The molecule has 5 nitrogen and oxygen atoms in total. The fourth-order valence-electron chi connectivity index (χ4n) is 2.03. The molecule has 18 heavy (non-hydrogen) atoms. The Hall–Kier alpha value is -2.48. The molecule has 0 radical (unpaired) electrons. The highest BCUT2D eigenvalue weighted by molar-refractivity contribution is 5.75. The van der Waals surface area contributed by atoms with Gasteiger partial charge in [0.2, 0.25) is 0 Å². The lowest BCUT2D eigenvalue weighted by molar-refractivity contribution is 0.750. The first-order valence-corrected chi connectivity index (χ1v) is 5.58. The summed E-state index contributed by atoms with van der Waals surface area (Å²) < 4.78 is 1.72. The molecule has 0 saturated heterocycles. The topological polar surface area (TPSA) is 70.9 Å². The van der Waals surface area contributed by atoms with E-state index in [1.807, 2.05) is 44.1 Å². The second kappa shape index (κ2) is 4.41. The first kappa shape index (κ1) is 12.0. The van der Waals surface area contributed by atoms with Crippen LogP contribution in [0.25, 0.3) is 0 Å². The molecule has 1 heterocycles. The number of aromatic nitrogens is 2. The van der Waals surface area contributed by atoms with Gasteiger partial charge >= 0.3 is 0 Å². The van der Waals surface area contributed by atoms with E-state index in [0.29, 0.717) is 11.3 Å². The van der Waals surface area contributed by atoms with Crippen LogP contribution in [0, 0.1) is 18.3 Å². The number of nitrogens with two attached hydrogens (primary N) is 1. The third-order valence-corrected chi connectivity index (χ3v) is 2.94. The summed E-state index contributed by atoms with van der Waals surface area (Å²) in [6, 6.07) is 9.59. The SMILES string of the molecule is Cc1nn(C)c(N(C)c2ccccc2C#N)c1N. The van der Waals surface area contributed by atoms with Gasteiger partial charge in [0.25, 0.3) is 0 Å². The van der Waals surface area contributed by atoms with E-state index < -0.39 is 0 Å². The van der Waals surface area contributed by atoms with Crippen molar-refractivity contribution in [2.75, 3.05) is 17.7 Å². The number of hydrogen-bond acceptors (Lipinski definition) is 4. The summed E-state index contributed by atoms with van der Waals surface area (Å²) in [5, 5.41) is 13.4. The maximum absolute atomic E-state index is 9.13. The predicted octanol–water partition coefficient (Wildman–Crippen LogP) is 1.95. The lowest BCUT2D eigenvalue weighted by atomic mass is 10.2. The third-order valence-electron chi connectivity index (χ3n) is 2.94. The molecule has 1 aromatic heterocycles. The van der Waals surface area contributed by atoms with Crippen molar-refractivity contribution in [2.45, 2.75) is 6.92 Å². The van der Waals surface area contributed by atoms with Crippen LogP contribution in [0.3, 0.4) is 0 Å². The summed E-state index contributed by atoms with van der Waals surface area (Å²) in [6.45, 7) is 1.86. The zero-order valence-electron chi connectivity index (χ0n) is 10.7. The van der Waals surface area contributed by atoms with Gasteiger partial charge in [-0.1, -0.05) is 12.1 Å². The number of hydrogen-bond donors (Lipinski definition) is 1. The molecule has 0 aliphatic heterocycles. The molecule has 0 spiro atoms. The van der Waals surface area contributed by atoms with Crippen LogP contribution in [0.15, 0.2) is 24.3 Å². The average Bonchev–Trinajstić information content (AvgIpc) is 2.62. The third kappa shape index (κ3) is 1.78. The number of nitrogen functional groups attached to an aromatic ring is 1. The standard InChI is InChI=1S/C13H15N5/c1-9-12(15)13(18(3)16-9)17(2)11-7-5-4-6-10(11)8-14/h4-7H,15H2,1-3H3. The van der Waals surface area contributed by atoms with Crippen LogP contribution in [0.5, 0.6) is 0 Å². The van der Waals surface area contributed by atoms with Crippen molar-refractivity contribution in [1.82, 2.24) is 9.78 Å². The Labute approximate surface area is 106 Å². The minimum atomic E-state index is 0.609. The number of nitriles is 1. The largest absolute Gasteiger partial charge is 0.394 e. The average molecular weight is 241 g/mol. The summed E-state index contributed by atoms with van der Waals surface area (Å²) >= 11 is 0. The van der Waals surface area contributed by atoms with E-state index in [9.17, 15) is 0 Å². The summed E-state index contributed by atoms with van der Waals surface area (Å²) in [5.41, 5.74) is 8.87. The number of para-hydroxylation sites is 1. The number of nitrogens with zero attached hydrogens (tertiary/aromatic N) is 4. The lowest BCUT2D eigenvalue weighted by Crippen LogP contribution is -2.16. The van der Waals surface area contributed by atoms with Crippen LogP contribution in [-0.2, 0) is 7.05 Å². The minimum Gasteiger partial charge on any atom is -0.394 e. The molecular weight excluding hydrogens is 226 g/mol. The maximum atomic E-state index is 9.13. The summed E-state index contributed by atoms with van der Waals surface area (Å²) in [4.78, 5) is 1.88. The van der Waals surface area contributed by atoms with Crippen LogP contribution < -0.4 is 10.6 Å². The molecule has 0 bridgehead atoms. The Balaban J connectivity index is 2.55. The van der Waals surface area contributed by atoms with Gasteiger partial charge in [-0.3, -0.25) is 4.68 Å². The van der Waals surface area contributed by atoms with Gasteiger partial charge in [-0.15, -0.1) is 0 Å². The van der Waals surface area contributed by atoms with Gasteiger partial charge < -0.3 is 10.6 Å². The van der Waals surface area contributed by atoms with Crippen molar-refractivity contribution >= 4 is 17.2 Å². The second-order valence-corrected chi connectivity index (χ2v) is 4.13. The highest BCUT2D eigenvalue weighted by Crippen LogP contribution is 2.31. The van der Waals surface area contributed by atoms with Gasteiger partial charge in [-0.2, -0.15) is 10.4 Å². The van der Waals surface area contributed by atoms with E-state index in [0.717, 1.165) is 17.2 Å². The van der Waals surface area contributed by atoms with Crippen LogP contribution in [0.4, 0.5) is 17.2 Å². The van der Waals surface area contributed by atoms with Gasteiger partial charge in [0, 0.05) is 14.1 Å². The molecule has 5 heteroatoms. The Morgan fingerprint density at radius 3 is 2.61 bits per heavy atom. The van der Waals surface area contributed by atoms with Crippen LogP contribution in [0.1, 0.15) is 11.3 Å². The highest BCUT2D eigenvalue weighted by atomic mass is 15.4. The Morgan fingerprint density at radius 2 is 2.06 bits per heavy atom. The number of benzene rings is 1. The molecule has 0 saturated carbocycles. The van der Waals surface area contributed by atoms with Gasteiger partial charge in [-0.05, 0) is 19.1 Å². The minimum absolute atomic E-state index is 0.609. The molecule has 0 aliphatic rings. The van der Waals surface area contributed by atoms with Gasteiger partial charge in [0.15, 0.2) is 5.82 Å². The molecule has 1 aromatic carbocycles. The quantitative estimate of drug-likeness (QED) is 0.872. The molecule has 0 amide bonds. The maximum Gasteiger partial charge on any atom is 0.154 e. The van der Waals surface area contributed by atoms with E-state index in [-0.39, 0.29) is 0 Å². The van der Waals surface area contributed by atoms with E-state index in [1.54, 1.807) is 10.7 Å². The fourth-order valence-corrected chi connectivity index (χ4v) is 2.03. The normalized spacial score (nSPS) is 10.1. The van der Waals surface area contributed by atoms with E-state index in [1.165, 1.54) is 0 Å². The smallest absolute Gasteiger partial charge is 0.154 e. The molecule has 2 N–H and O–H groups in total. The van der Waals surface area contributed by atoms with Crippen LogP contribution in [-0.4, -0.2) is 16.8 Å². The summed E-state index contributed by atoms with van der Waals surface area (Å²) in [7, 11) is 3.72. The lowest BCUT2D eigenvalue weighted by Gasteiger charge is -2.21. The first-order valence-electron chi connectivity index (χ1n) is 5.58. The Bertz CT molecular complexity index is 621. The zero-order chi connectivity index (χ0) is 13.3. The molecule has 0 unspecified atom stereocenters. The summed E-state index contributed by atoms with van der Waals surface area (Å²) in [6.07, 6.45) is 0. The molecule has 2 rings (SSSR count). The van der Waals surface area contributed by atoms with Crippen molar-refractivity contribution in [3.63, 3.8) is 0 Å². The zero-order valence-corrected chi connectivity index (χ0v) is 10.7. The predicted molar refractivity (Wildman–Crippen MR) is 71.6 cm³/mol. The van der Waals surface area contributed by atoms with Crippen molar-refractivity contribution in [3.05, 3.63) is 35.5 Å². The molecule has 0 atom stereocenters. The van der Waals surface area contributed by atoms with Crippen LogP contribution in [0.2, 0.25) is 0 Å². The van der Waals surface area contributed by atoms with Gasteiger partial charge in [0.1, 0.15) is 6.07 Å². The van der Waals surface area contributed by atoms with Crippen LogP contribution >= 0.6 is 0 Å². The Morgan fingerprint density at radius 1 is 1.39 bits per heavy atom. The second-order valence-electron chi connectivity index (χ2n) is 4.13. The number of anilines is 3. The first-order chi connectivity index (χ1) is 8.56. The van der Waals surface area contributed by atoms with Crippen molar-refractivity contribution in [3.8, 4) is 6.07 Å². The van der Waals surface area contributed by atoms with E-state index >= 15 is 0 Å². The monoisotopic (exact) mass is 241 g/mol. The van der Waals surface area contributed by atoms with Gasteiger partial charge in [-0.25, -0.2) is 0 Å². The summed E-state index contributed by atoms with van der Waals surface area (Å²) in [5.74, 6) is 0.787. The molecule has 92 valence electrons. The van der Waals surface area contributed by atoms with Crippen molar-refractivity contribution in [1.29, 1.82) is 5.26 Å². The Kier molecular flexibility index (Phi) is 2.94. The van der Waals surface area contributed by atoms with Crippen molar-refractivity contribution in [2.24, 2.45) is 7.05 Å². The number of rotatable bonds is 2. The molecule has 2 aromatic rings. The molecule has 0 fully saturated rings. The fraction of sp³-hybridized carbons (Fsp3) is 0.231. The highest BCUT2D eigenvalue weighted by Gasteiger charge is 2.17. The molecule has 0 aliphatic carbocycles. The van der Waals surface area contributed by atoms with E-state index in [2.05, 4.69) is 11.2 Å². The van der Waals surface area contributed by atoms with Gasteiger partial charge in [0.05, 0.1) is 22.6 Å². The molecular formula is C13H15N5.